The summed E-state index contributed by atoms with van der Waals surface area (Å²) >= 11 is 6.17. The van der Waals surface area contributed by atoms with Gasteiger partial charge in [0.25, 0.3) is 0 Å². The summed E-state index contributed by atoms with van der Waals surface area (Å²) in [5.74, 6) is 1.77. The van der Waals surface area contributed by atoms with Crippen molar-refractivity contribution in [3.8, 4) is 11.3 Å². The first-order chi connectivity index (χ1) is 10.3. The van der Waals surface area contributed by atoms with Gasteiger partial charge in [-0.2, -0.15) is 0 Å². The molecule has 5 heteroatoms. The molecule has 1 aromatic carbocycles. The Bertz CT molecular complexity index is 599. The fraction of sp³-hybridized carbons (Fsp3) is 0.438. The van der Waals surface area contributed by atoms with E-state index in [0.29, 0.717) is 29.1 Å². The molecule has 112 valence electrons. The SMILES string of the molecule is OCC1CCCN(Cc2ncc(-c3ccccc3Cl)o2)C1. The maximum Gasteiger partial charge on any atom is 0.209 e. The Hall–Kier alpha value is -1.36. The molecule has 0 bridgehead atoms. The first-order valence-electron chi connectivity index (χ1n) is 7.29. The normalized spacial score (nSPS) is 19.8. The molecule has 2 heterocycles. The van der Waals surface area contributed by atoms with Crippen LogP contribution in [0.1, 0.15) is 18.7 Å². The summed E-state index contributed by atoms with van der Waals surface area (Å²) in [4.78, 5) is 6.63. The first-order valence-corrected chi connectivity index (χ1v) is 7.67. The molecule has 1 fully saturated rings. The van der Waals surface area contributed by atoms with Gasteiger partial charge in [0.2, 0.25) is 5.89 Å². The molecule has 0 saturated carbocycles. The number of aromatic nitrogens is 1. The van der Waals surface area contributed by atoms with Gasteiger partial charge >= 0.3 is 0 Å². The molecule has 0 radical (unpaired) electrons. The van der Waals surface area contributed by atoms with Crippen molar-refractivity contribution in [1.29, 1.82) is 0 Å². The molecule has 1 atom stereocenters. The predicted molar refractivity (Wildman–Crippen MR) is 82.0 cm³/mol. The van der Waals surface area contributed by atoms with Crippen LogP contribution >= 0.6 is 11.6 Å². The van der Waals surface area contributed by atoms with E-state index in [-0.39, 0.29) is 6.61 Å². The number of benzene rings is 1. The second-order valence-corrected chi connectivity index (χ2v) is 5.93. The van der Waals surface area contributed by atoms with Crippen LogP contribution in [0.15, 0.2) is 34.9 Å². The quantitative estimate of drug-likeness (QED) is 0.942. The zero-order chi connectivity index (χ0) is 14.7. The van der Waals surface area contributed by atoms with Crippen LogP contribution in [0, 0.1) is 5.92 Å². The van der Waals surface area contributed by atoms with Crippen LogP contribution in [0.4, 0.5) is 0 Å². The number of hydrogen-bond acceptors (Lipinski definition) is 4. The monoisotopic (exact) mass is 306 g/mol. The van der Waals surface area contributed by atoms with Gasteiger partial charge in [-0.05, 0) is 37.4 Å². The van der Waals surface area contributed by atoms with Gasteiger partial charge in [0.15, 0.2) is 5.76 Å². The summed E-state index contributed by atoms with van der Waals surface area (Å²) in [5.41, 5.74) is 0.866. The van der Waals surface area contributed by atoms with Crippen LogP contribution in [0.5, 0.6) is 0 Å². The lowest BCUT2D eigenvalue weighted by Gasteiger charge is -2.30. The molecule has 1 aliphatic heterocycles. The van der Waals surface area contributed by atoms with E-state index in [4.69, 9.17) is 16.0 Å². The highest BCUT2D eigenvalue weighted by molar-refractivity contribution is 6.33. The second kappa shape index (κ2) is 6.60. The molecule has 1 unspecified atom stereocenters. The molecule has 2 aromatic rings. The van der Waals surface area contributed by atoms with E-state index in [1.165, 1.54) is 0 Å². The van der Waals surface area contributed by atoms with Crippen molar-refractivity contribution in [1.82, 2.24) is 9.88 Å². The van der Waals surface area contributed by atoms with Crippen molar-refractivity contribution in [2.75, 3.05) is 19.7 Å². The van der Waals surface area contributed by atoms with Gasteiger partial charge in [-0.25, -0.2) is 4.98 Å². The van der Waals surface area contributed by atoms with Crippen LogP contribution in [0.25, 0.3) is 11.3 Å². The van der Waals surface area contributed by atoms with E-state index in [1.54, 1.807) is 6.20 Å². The first kappa shape index (κ1) is 14.6. The number of oxazole rings is 1. The molecule has 0 amide bonds. The average Bonchev–Trinajstić information content (AvgIpc) is 2.96. The van der Waals surface area contributed by atoms with E-state index in [9.17, 15) is 5.11 Å². The number of likely N-dealkylation sites (tertiary alicyclic amines) is 1. The van der Waals surface area contributed by atoms with Gasteiger partial charge in [-0.1, -0.05) is 23.7 Å². The van der Waals surface area contributed by atoms with Crippen molar-refractivity contribution < 1.29 is 9.52 Å². The molecule has 1 saturated heterocycles. The minimum atomic E-state index is 0.257. The molecule has 0 spiro atoms. The largest absolute Gasteiger partial charge is 0.439 e. The van der Waals surface area contributed by atoms with Crippen LogP contribution in [-0.4, -0.2) is 34.7 Å². The third kappa shape index (κ3) is 3.46. The zero-order valence-electron chi connectivity index (χ0n) is 11.8. The van der Waals surface area contributed by atoms with Crippen molar-refractivity contribution in [2.45, 2.75) is 19.4 Å². The third-order valence-corrected chi connectivity index (χ3v) is 4.24. The third-order valence-electron chi connectivity index (χ3n) is 3.91. The van der Waals surface area contributed by atoms with Crippen LogP contribution in [-0.2, 0) is 6.54 Å². The predicted octanol–water partition coefficient (Wildman–Crippen LogP) is 3.20. The van der Waals surface area contributed by atoms with Crippen molar-refractivity contribution >= 4 is 11.6 Å². The Morgan fingerprint density at radius 3 is 3.05 bits per heavy atom. The minimum absolute atomic E-state index is 0.257. The van der Waals surface area contributed by atoms with E-state index in [1.807, 2.05) is 24.3 Å². The van der Waals surface area contributed by atoms with Crippen molar-refractivity contribution in [3.05, 3.63) is 41.4 Å². The maximum atomic E-state index is 9.28. The van der Waals surface area contributed by atoms with Gasteiger partial charge in [-0.15, -0.1) is 0 Å². The molecular formula is C16H19ClN2O2. The number of aliphatic hydroxyl groups is 1. The Balaban J connectivity index is 1.69. The highest BCUT2D eigenvalue weighted by Crippen LogP contribution is 2.28. The van der Waals surface area contributed by atoms with Gasteiger partial charge in [-0.3, -0.25) is 4.90 Å². The molecule has 21 heavy (non-hydrogen) atoms. The van der Waals surface area contributed by atoms with Crippen LogP contribution < -0.4 is 0 Å². The highest BCUT2D eigenvalue weighted by atomic mass is 35.5. The number of nitrogens with zero attached hydrogens (tertiary/aromatic N) is 2. The van der Waals surface area contributed by atoms with E-state index in [2.05, 4.69) is 9.88 Å². The molecule has 0 aliphatic carbocycles. The summed E-state index contributed by atoms with van der Waals surface area (Å²) in [6.07, 6.45) is 3.94. The van der Waals surface area contributed by atoms with Gasteiger partial charge in [0.1, 0.15) is 0 Å². The lowest BCUT2D eigenvalue weighted by atomic mass is 9.99. The van der Waals surface area contributed by atoms with E-state index >= 15 is 0 Å². The van der Waals surface area contributed by atoms with E-state index < -0.39 is 0 Å². The lowest BCUT2D eigenvalue weighted by molar-refractivity contribution is 0.109. The Morgan fingerprint density at radius 2 is 2.24 bits per heavy atom. The van der Waals surface area contributed by atoms with Crippen LogP contribution in [0.2, 0.25) is 5.02 Å². The number of piperidine rings is 1. The summed E-state index contributed by atoms with van der Waals surface area (Å²) in [6.45, 7) is 2.87. The zero-order valence-corrected chi connectivity index (χ0v) is 12.6. The topological polar surface area (TPSA) is 49.5 Å². The highest BCUT2D eigenvalue weighted by Gasteiger charge is 2.21. The van der Waals surface area contributed by atoms with Crippen LogP contribution in [0.3, 0.4) is 0 Å². The molecular weight excluding hydrogens is 288 g/mol. The fourth-order valence-corrected chi connectivity index (χ4v) is 3.03. The summed E-state index contributed by atoms with van der Waals surface area (Å²) in [5, 5.41) is 9.94. The standard InChI is InChI=1S/C16H19ClN2O2/c17-14-6-2-1-5-13(14)15-8-18-16(21-15)10-19-7-3-4-12(9-19)11-20/h1-2,5-6,8,12,20H,3-4,7,9-11H2. The Labute approximate surface area is 129 Å². The number of halogens is 1. The van der Waals surface area contributed by atoms with Crippen molar-refractivity contribution in [3.63, 3.8) is 0 Å². The summed E-state index contributed by atoms with van der Waals surface area (Å²) in [7, 11) is 0. The maximum absolute atomic E-state index is 9.28. The molecule has 1 N–H and O–H groups in total. The Morgan fingerprint density at radius 1 is 1.38 bits per heavy atom. The summed E-state index contributed by atoms with van der Waals surface area (Å²) < 4.78 is 5.82. The minimum Gasteiger partial charge on any atom is -0.439 e. The second-order valence-electron chi connectivity index (χ2n) is 5.52. The number of hydrogen-bond donors (Lipinski definition) is 1. The molecule has 1 aliphatic rings. The average molecular weight is 307 g/mol. The number of aliphatic hydroxyl groups excluding tert-OH is 1. The number of rotatable bonds is 4. The smallest absolute Gasteiger partial charge is 0.209 e. The van der Waals surface area contributed by atoms with Gasteiger partial charge < -0.3 is 9.52 Å². The van der Waals surface area contributed by atoms with Gasteiger partial charge in [0, 0.05) is 18.7 Å². The van der Waals surface area contributed by atoms with Gasteiger partial charge in [0.05, 0.1) is 17.8 Å². The molecule has 1 aromatic heterocycles. The summed E-state index contributed by atoms with van der Waals surface area (Å²) in [6, 6.07) is 7.59. The fourth-order valence-electron chi connectivity index (χ4n) is 2.80. The van der Waals surface area contributed by atoms with E-state index in [0.717, 1.165) is 31.5 Å². The molecule has 4 nitrogen and oxygen atoms in total. The van der Waals surface area contributed by atoms with Crippen molar-refractivity contribution in [2.24, 2.45) is 5.92 Å². The lowest BCUT2D eigenvalue weighted by Crippen LogP contribution is -2.36. The molecule has 3 rings (SSSR count). The Kier molecular flexibility index (Phi) is 4.58.